The van der Waals surface area contributed by atoms with E-state index in [0.717, 1.165) is 30.4 Å². The monoisotopic (exact) mass is 260 g/mol. The van der Waals surface area contributed by atoms with Crippen LogP contribution in [0.4, 0.5) is 0 Å². The second kappa shape index (κ2) is 8.22. The minimum atomic E-state index is -0.511. The van der Waals surface area contributed by atoms with Crippen molar-refractivity contribution < 1.29 is 4.21 Å². The lowest BCUT2D eigenvalue weighted by Crippen LogP contribution is -2.51. The maximum absolute atomic E-state index is 11.3. The molecule has 0 bridgehead atoms. The number of nitrogens with zero attached hydrogens (tertiary/aromatic N) is 2. The molecule has 2 aliphatic heterocycles. The van der Waals surface area contributed by atoms with E-state index in [4.69, 9.17) is 0 Å². The molecule has 0 aromatic carbocycles. The molecule has 0 N–H and O–H groups in total. The van der Waals surface area contributed by atoms with Gasteiger partial charge < -0.3 is 4.90 Å². The Morgan fingerprint density at radius 1 is 1.06 bits per heavy atom. The predicted octanol–water partition coefficient (Wildman–Crippen LogP) is 1.56. The van der Waals surface area contributed by atoms with Crippen LogP contribution in [0.15, 0.2) is 0 Å². The van der Waals surface area contributed by atoms with Crippen molar-refractivity contribution in [3.63, 3.8) is 0 Å². The van der Waals surface area contributed by atoms with Gasteiger partial charge in [-0.2, -0.15) is 0 Å². The molecule has 2 rings (SSSR count). The Morgan fingerprint density at radius 3 is 2.06 bits per heavy atom. The summed E-state index contributed by atoms with van der Waals surface area (Å²) in [6.07, 6.45) is 2.30. The lowest BCUT2D eigenvalue weighted by molar-refractivity contribution is 0.0948. The van der Waals surface area contributed by atoms with Crippen molar-refractivity contribution in [1.82, 2.24) is 9.80 Å². The van der Waals surface area contributed by atoms with Crippen LogP contribution in [-0.2, 0) is 10.8 Å². The minimum Gasteiger partial charge on any atom is -0.301 e. The molecule has 102 valence electrons. The van der Waals surface area contributed by atoms with Crippen molar-refractivity contribution in [1.29, 1.82) is 0 Å². The molecule has 2 saturated heterocycles. The molecule has 0 saturated carbocycles. The number of hydrogen-bond acceptors (Lipinski definition) is 3. The lowest BCUT2D eigenvalue weighted by atomic mass is 10.1. The summed E-state index contributed by atoms with van der Waals surface area (Å²) in [5.74, 6) is 1.86. The van der Waals surface area contributed by atoms with E-state index >= 15 is 0 Å². The van der Waals surface area contributed by atoms with Crippen LogP contribution in [0.1, 0.15) is 33.6 Å². The first-order valence-corrected chi connectivity index (χ1v) is 8.59. The lowest BCUT2D eigenvalue weighted by Gasteiger charge is -2.40. The minimum absolute atomic E-state index is 0.511. The van der Waals surface area contributed by atoms with Gasteiger partial charge in [-0.1, -0.05) is 20.8 Å². The van der Waals surface area contributed by atoms with Gasteiger partial charge in [-0.25, -0.2) is 0 Å². The van der Waals surface area contributed by atoms with Gasteiger partial charge in [0.1, 0.15) is 0 Å². The molecule has 0 amide bonds. The SMILES string of the molecule is CC.CCN1CCN(C2CCS(=O)CC2)CC1. The number of rotatable bonds is 2. The predicted molar refractivity (Wildman–Crippen MR) is 75.9 cm³/mol. The quantitative estimate of drug-likeness (QED) is 0.753. The Hall–Kier alpha value is 0.0700. The van der Waals surface area contributed by atoms with Gasteiger partial charge in [0.15, 0.2) is 0 Å². The molecule has 0 atom stereocenters. The van der Waals surface area contributed by atoms with Crippen molar-refractivity contribution >= 4 is 10.8 Å². The zero-order valence-corrected chi connectivity index (χ0v) is 12.5. The van der Waals surface area contributed by atoms with E-state index in [1.807, 2.05) is 13.8 Å². The fourth-order valence-electron chi connectivity index (χ4n) is 2.59. The fraction of sp³-hybridized carbons (Fsp3) is 1.00. The van der Waals surface area contributed by atoms with Gasteiger partial charge in [-0.3, -0.25) is 9.11 Å². The summed E-state index contributed by atoms with van der Waals surface area (Å²) in [7, 11) is -0.511. The average Bonchev–Trinajstić information content (AvgIpc) is 2.42. The Kier molecular flexibility index (Phi) is 7.32. The topological polar surface area (TPSA) is 23.6 Å². The van der Waals surface area contributed by atoms with Gasteiger partial charge in [0, 0.05) is 54.5 Å². The van der Waals surface area contributed by atoms with E-state index in [2.05, 4.69) is 16.7 Å². The van der Waals surface area contributed by atoms with Crippen LogP contribution >= 0.6 is 0 Å². The van der Waals surface area contributed by atoms with E-state index in [1.165, 1.54) is 32.7 Å². The molecule has 0 unspecified atom stereocenters. The Labute approximate surface area is 109 Å². The molecular formula is C13H28N2OS. The summed E-state index contributed by atoms with van der Waals surface area (Å²) in [5, 5.41) is 0. The zero-order chi connectivity index (χ0) is 12.7. The third kappa shape index (κ3) is 4.68. The summed E-state index contributed by atoms with van der Waals surface area (Å²) in [6.45, 7) is 12.3. The summed E-state index contributed by atoms with van der Waals surface area (Å²) in [5.41, 5.74) is 0. The molecule has 0 aliphatic carbocycles. The van der Waals surface area contributed by atoms with E-state index in [1.54, 1.807) is 0 Å². The van der Waals surface area contributed by atoms with E-state index in [-0.39, 0.29) is 0 Å². The standard InChI is InChI=1S/C11H22N2OS.C2H6/c1-2-12-5-7-13(8-6-12)11-3-9-15(14)10-4-11;1-2/h11H,2-10H2,1H3;1-2H3. The van der Waals surface area contributed by atoms with Gasteiger partial charge in [-0.15, -0.1) is 0 Å². The summed E-state index contributed by atoms with van der Waals surface area (Å²) in [4.78, 5) is 5.12. The van der Waals surface area contributed by atoms with Gasteiger partial charge in [0.25, 0.3) is 0 Å². The zero-order valence-electron chi connectivity index (χ0n) is 11.7. The maximum atomic E-state index is 11.3. The van der Waals surface area contributed by atoms with E-state index in [0.29, 0.717) is 0 Å². The first-order valence-electron chi connectivity index (χ1n) is 7.11. The summed E-state index contributed by atoms with van der Waals surface area (Å²) in [6, 6.07) is 0.724. The molecule has 17 heavy (non-hydrogen) atoms. The highest BCUT2D eigenvalue weighted by Crippen LogP contribution is 2.17. The van der Waals surface area contributed by atoms with Crippen LogP contribution < -0.4 is 0 Å². The highest BCUT2D eigenvalue weighted by Gasteiger charge is 2.26. The molecule has 4 heteroatoms. The average molecular weight is 260 g/mol. The highest BCUT2D eigenvalue weighted by molar-refractivity contribution is 7.85. The second-order valence-corrected chi connectivity index (χ2v) is 6.25. The van der Waals surface area contributed by atoms with Crippen molar-refractivity contribution in [2.75, 3.05) is 44.2 Å². The molecule has 0 radical (unpaired) electrons. The Balaban J connectivity index is 0.000000686. The van der Waals surface area contributed by atoms with Gasteiger partial charge in [0.05, 0.1) is 0 Å². The molecule has 2 aliphatic rings. The molecule has 2 fully saturated rings. The largest absolute Gasteiger partial charge is 0.301 e. The third-order valence-corrected chi connectivity index (χ3v) is 5.11. The van der Waals surface area contributed by atoms with Crippen molar-refractivity contribution in [2.45, 2.75) is 39.7 Å². The van der Waals surface area contributed by atoms with Gasteiger partial charge in [-0.05, 0) is 19.4 Å². The number of piperazine rings is 1. The smallest absolute Gasteiger partial charge is 0.0249 e. The Morgan fingerprint density at radius 2 is 1.59 bits per heavy atom. The van der Waals surface area contributed by atoms with Crippen LogP contribution in [0.2, 0.25) is 0 Å². The number of likely N-dealkylation sites (N-methyl/N-ethyl adjacent to an activating group) is 1. The molecule has 0 spiro atoms. The van der Waals surface area contributed by atoms with Crippen LogP contribution in [0, 0.1) is 0 Å². The second-order valence-electron chi connectivity index (χ2n) is 4.55. The molecule has 0 aromatic heterocycles. The Bertz CT molecular complexity index is 217. The third-order valence-electron chi connectivity index (χ3n) is 3.73. The van der Waals surface area contributed by atoms with Crippen LogP contribution in [0.5, 0.6) is 0 Å². The summed E-state index contributed by atoms with van der Waals surface area (Å²) < 4.78 is 11.3. The van der Waals surface area contributed by atoms with Crippen LogP contribution in [0.3, 0.4) is 0 Å². The van der Waals surface area contributed by atoms with Gasteiger partial charge in [0.2, 0.25) is 0 Å². The molecule has 2 heterocycles. The van der Waals surface area contributed by atoms with Crippen molar-refractivity contribution in [3.05, 3.63) is 0 Å². The van der Waals surface area contributed by atoms with E-state index in [9.17, 15) is 4.21 Å². The molecular weight excluding hydrogens is 232 g/mol. The van der Waals surface area contributed by atoms with Crippen LogP contribution in [0.25, 0.3) is 0 Å². The van der Waals surface area contributed by atoms with Crippen molar-refractivity contribution in [3.8, 4) is 0 Å². The van der Waals surface area contributed by atoms with E-state index < -0.39 is 10.8 Å². The molecule has 0 aromatic rings. The highest BCUT2D eigenvalue weighted by atomic mass is 32.2. The first kappa shape index (κ1) is 15.1. The normalized spacial score (nSPS) is 31.7. The fourth-order valence-corrected chi connectivity index (χ4v) is 3.87. The maximum Gasteiger partial charge on any atom is 0.0249 e. The van der Waals surface area contributed by atoms with Crippen molar-refractivity contribution in [2.24, 2.45) is 0 Å². The summed E-state index contributed by atoms with van der Waals surface area (Å²) >= 11 is 0. The van der Waals surface area contributed by atoms with Gasteiger partial charge >= 0.3 is 0 Å². The number of hydrogen-bond donors (Lipinski definition) is 0. The first-order chi connectivity index (χ1) is 8.29. The molecule has 3 nitrogen and oxygen atoms in total. The van der Waals surface area contributed by atoms with Crippen LogP contribution in [-0.4, -0.2) is 64.3 Å².